The van der Waals surface area contributed by atoms with Gasteiger partial charge in [0.05, 0.1) is 24.7 Å². The molecule has 28 heavy (non-hydrogen) atoms. The number of anilines is 2. The number of hydrogen-bond donors (Lipinski definition) is 1. The van der Waals surface area contributed by atoms with Crippen molar-refractivity contribution in [3.05, 3.63) is 53.6 Å². The number of nitrogens with zero attached hydrogens (tertiary/aromatic N) is 1. The molecule has 2 rings (SSSR count). The molecular formula is C21H28N2O4S. The van der Waals surface area contributed by atoms with Crippen LogP contribution >= 0.6 is 0 Å². The molecule has 0 aliphatic rings. The molecule has 0 aliphatic heterocycles. The van der Waals surface area contributed by atoms with Gasteiger partial charge in [-0.15, -0.1) is 0 Å². The molecule has 0 heterocycles. The highest BCUT2D eigenvalue weighted by Gasteiger charge is 2.22. The third kappa shape index (κ3) is 5.48. The first-order chi connectivity index (χ1) is 12.9. The molecule has 152 valence electrons. The minimum absolute atomic E-state index is 0.0481. The number of benzene rings is 2. The molecule has 2 aromatic carbocycles. The van der Waals surface area contributed by atoms with E-state index >= 15 is 0 Å². The summed E-state index contributed by atoms with van der Waals surface area (Å²) in [5, 5.41) is 2.74. The molecule has 0 bridgehead atoms. The van der Waals surface area contributed by atoms with Crippen LogP contribution < -0.4 is 14.4 Å². The molecule has 0 aromatic heterocycles. The lowest BCUT2D eigenvalue weighted by molar-refractivity contribution is -0.114. The summed E-state index contributed by atoms with van der Waals surface area (Å²) in [6.07, 6.45) is 1.09. The number of methoxy groups -OCH3 is 1. The van der Waals surface area contributed by atoms with Crippen LogP contribution in [0.1, 0.15) is 31.9 Å². The fraction of sp³-hybridized carbons (Fsp3) is 0.381. The molecule has 2 aromatic rings. The van der Waals surface area contributed by atoms with Crippen molar-refractivity contribution < 1.29 is 17.9 Å². The molecule has 0 radical (unpaired) electrons. The van der Waals surface area contributed by atoms with Crippen LogP contribution in [-0.2, 0) is 20.2 Å². The van der Waals surface area contributed by atoms with Crippen molar-refractivity contribution in [1.29, 1.82) is 0 Å². The molecule has 1 amide bonds. The number of nitrogens with one attached hydrogen (secondary N) is 1. The maximum Gasteiger partial charge on any atom is 0.245 e. The Hall–Kier alpha value is -2.54. The minimum atomic E-state index is -3.64. The van der Waals surface area contributed by atoms with E-state index in [9.17, 15) is 13.2 Å². The predicted octanol–water partition coefficient (Wildman–Crippen LogP) is 3.71. The highest BCUT2D eigenvalue weighted by atomic mass is 32.2. The molecule has 6 nitrogen and oxygen atoms in total. The second-order valence-corrected chi connectivity index (χ2v) is 9.73. The van der Waals surface area contributed by atoms with Crippen molar-refractivity contribution in [2.45, 2.75) is 33.1 Å². The topological polar surface area (TPSA) is 75.7 Å². The summed E-state index contributed by atoms with van der Waals surface area (Å²) in [4.78, 5) is 12.6. The van der Waals surface area contributed by atoms with Gasteiger partial charge in [0.1, 0.15) is 12.3 Å². The Morgan fingerprint density at radius 1 is 1.11 bits per heavy atom. The molecule has 0 aliphatic carbocycles. The molecule has 0 saturated heterocycles. The second kappa shape index (κ2) is 8.22. The zero-order valence-electron chi connectivity index (χ0n) is 17.2. The van der Waals surface area contributed by atoms with Gasteiger partial charge in [-0.25, -0.2) is 8.42 Å². The van der Waals surface area contributed by atoms with Gasteiger partial charge in [-0.2, -0.15) is 0 Å². The molecule has 0 fully saturated rings. The highest BCUT2D eigenvalue weighted by Crippen LogP contribution is 2.27. The Kier molecular flexibility index (Phi) is 6.39. The van der Waals surface area contributed by atoms with E-state index in [0.29, 0.717) is 17.1 Å². The molecule has 0 atom stereocenters. The number of sulfonamides is 1. The summed E-state index contributed by atoms with van der Waals surface area (Å²) in [6.45, 7) is 7.82. The molecule has 7 heteroatoms. The van der Waals surface area contributed by atoms with Gasteiger partial charge < -0.3 is 10.1 Å². The Labute approximate surface area is 167 Å². The number of amides is 1. The van der Waals surface area contributed by atoms with Gasteiger partial charge in [-0.1, -0.05) is 39.0 Å². The first-order valence-corrected chi connectivity index (χ1v) is 10.8. The third-order valence-electron chi connectivity index (χ3n) is 4.34. The van der Waals surface area contributed by atoms with Gasteiger partial charge in [0, 0.05) is 0 Å². The number of carbonyl (C=O) groups is 1. The van der Waals surface area contributed by atoms with E-state index < -0.39 is 15.9 Å². The summed E-state index contributed by atoms with van der Waals surface area (Å²) >= 11 is 0. The Morgan fingerprint density at radius 2 is 1.71 bits per heavy atom. The average Bonchev–Trinajstić information content (AvgIpc) is 2.58. The fourth-order valence-electron chi connectivity index (χ4n) is 2.77. The fourth-order valence-corrected chi connectivity index (χ4v) is 3.62. The third-order valence-corrected chi connectivity index (χ3v) is 5.48. The maximum atomic E-state index is 12.6. The number of rotatable bonds is 6. The maximum absolute atomic E-state index is 12.6. The van der Waals surface area contributed by atoms with Crippen molar-refractivity contribution in [1.82, 2.24) is 0 Å². The zero-order chi connectivity index (χ0) is 21.1. The molecule has 0 spiro atoms. The van der Waals surface area contributed by atoms with Gasteiger partial charge in [-0.05, 0) is 47.7 Å². The van der Waals surface area contributed by atoms with Gasteiger partial charge in [0.15, 0.2) is 0 Å². The smallest absolute Gasteiger partial charge is 0.245 e. The van der Waals surface area contributed by atoms with Crippen LogP contribution in [0.15, 0.2) is 42.5 Å². The lowest BCUT2D eigenvalue weighted by Crippen LogP contribution is -2.37. The van der Waals surface area contributed by atoms with Crippen molar-refractivity contribution in [2.75, 3.05) is 29.5 Å². The number of ether oxygens (including phenoxy) is 1. The van der Waals surface area contributed by atoms with Crippen LogP contribution in [0, 0.1) is 6.92 Å². The summed E-state index contributed by atoms with van der Waals surface area (Å²) in [7, 11) is -2.12. The SMILES string of the molecule is COc1ccc(C)cc1NC(=O)CN(c1ccc(C(C)(C)C)cc1)S(C)(=O)=O. The number of aryl methyl sites for hydroxylation is 1. The van der Waals surface area contributed by atoms with Crippen LogP contribution in [0.3, 0.4) is 0 Å². The van der Waals surface area contributed by atoms with Crippen LogP contribution in [-0.4, -0.2) is 34.2 Å². The van der Waals surface area contributed by atoms with Gasteiger partial charge in [0.25, 0.3) is 0 Å². The largest absolute Gasteiger partial charge is 0.495 e. The van der Waals surface area contributed by atoms with E-state index in [-0.39, 0.29) is 12.0 Å². The summed E-state index contributed by atoms with van der Waals surface area (Å²) in [6, 6.07) is 12.6. The first-order valence-electron chi connectivity index (χ1n) is 8.94. The quantitative estimate of drug-likeness (QED) is 0.796. The van der Waals surface area contributed by atoms with E-state index in [1.54, 1.807) is 24.3 Å². The van der Waals surface area contributed by atoms with Gasteiger partial charge >= 0.3 is 0 Å². The van der Waals surface area contributed by atoms with Crippen molar-refractivity contribution in [2.24, 2.45) is 0 Å². The molecular weight excluding hydrogens is 376 g/mol. The van der Waals surface area contributed by atoms with Crippen LogP contribution in [0.25, 0.3) is 0 Å². The van der Waals surface area contributed by atoms with Crippen molar-refractivity contribution in [3.63, 3.8) is 0 Å². The first kappa shape index (κ1) is 21.8. The Balaban J connectivity index is 2.26. The molecule has 1 N–H and O–H groups in total. The average molecular weight is 405 g/mol. The van der Waals surface area contributed by atoms with Crippen LogP contribution in [0.4, 0.5) is 11.4 Å². The predicted molar refractivity (Wildman–Crippen MR) is 114 cm³/mol. The van der Waals surface area contributed by atoms with Gasteiger partial charge in [-0.3, -0.25) is 9.10 Å². The normalized spacial score (nSPS) is 11.8. The highest BCUT2D eigenvalue weighted by molar-refractivity contribution is 7.92. The second-order valence-electron chi connectivity index (χ2n) is 7.82. The Morgan fingerprint density at radius 3 is 2.21 bits per heavy atom. The summed E-state index contributed by atoms with van der Waals surface area (Å²) in [5.41, 5.74) is 2.94. The van der Waals surface area contributed by atoms with Crippen molar-refractivity contribution >= 4 is 27.3 Å². The van der Waals surface area contributed by atoms with Crippen LogP contribution in [0.2, 0.25) is 0 Å². The summed E-state index contributed by atoms with van der Waals surface area (Å²) < 4.78 is 31.0. The monoisotopic (exact) mass is 404 g/mol. The lowest BCUT2D eigenvalue weighted by atomic mass is 9.87. The lowest BCUT2D eigenvalue weighted by Gasteiger charge is -2.24. The minimum Gasteiger partial charge on any atom is -0.495 e. The van der Waals surface area contributed by atoms with E-state index in [1.807, 2.05) is 25.1 Å². The molecule has 0 saturated carbocycles. The molecule has 0 unspecified atom stereocenters. The Bertz CT molecular complexity index is 945. The van der Waals surface area contributed by atoms with Gasteiger partial charge in [0.2, 0.25) is 15.9 Å². The van der Waals surface area contributed by atoms with E-state index in [0.717, 1.165) is 21.7 Å². The summed E-state index contributed by atoms with van der Waals surface area (Å²) in [5.74, 6) is 0.0635. The van der Waals surface area contributed by atoms with Crippen LogP contribution in [0.5, 0.6) is 5.75 Å². The number of hydrogen-bond acceptors (Lipinski definition) is 4. The van der Waals surface area contributed by atoms with E-state index in [4.69, 9.17) is 4.74 Å². The zero-order valence-corrected chi connectivity index (χ0v) is 18.1. The van der Waals surface area contributed by atoms with E-state index in [1.165, 1.54) is 7.11 Å². The standard InChI is InChI=1S/C21H28N2O4S/c1-15-7-12-19(27-5)18(13-15)22-20(24)14-23(28(6,25)26)17-10-8-16(9-11-17)21(2,3)4/h7-13H,14H2,1-6H3,(H,22,24). The van der Waals surface area contributed by atoms with E-state index in [2.05, 4.69) is 26.1 Å². The van der Waals surface area contributed by atoms with Crippen molar-refractivity contribution in [3.8, 4) is 5.75 Å². The number of carbonyl (C=O) groups excluding carboxylic acids is 1.